The molecular formula is C14H11Cl2FO. The van der Waals surface area contributed by atoms with E-state index >= 15 is 0 Å². The smallest absolute Gasteiger partial charge is 0.145 e. The molecule has 0 N–H and O–H groups in total. The topological polar surface area (TPSA) is 9.23 Å². The second-order valence-corrected chi connectivity index (χ2v) is 4.60. The van der Waals surface area contributed by atoms with Gasteiger partial charge in [-0.1, -0.05) is 29.3 Å². The fourth-order valence-electron chi connectivity index (χ4n) is 1.58. The van der Waals surface area contributed by atoms with Gasteiger partial charge in [-0.15, -0.1) is 11.6 Å². The van der Waals surface area contributed by atoms with Crippen LogP contribution in [0.4, 0.5) is 4.39 Å². The molecule has 1 nitrogen and oxygen atoms in total. The number of halogens is 3. The number of rotatable bonds is 3. The second kappa shape index (κ2) is 5.59. The zero-order valence-electron chi connectivity index (χ0n) is 9.71. The maximum absolute atomic E-state index is 13.3. The summed E-state index contributed by atoms with van der Waals surface area (Å²) in [6.07, 6.45) is 0. The molecular weight excluding hydrogens is 274 g/mol. The van der Waals surface area contributed by atoms with Gasteiger partial charge in [-0.3, -0.25) is 0 Å². The van der Waals surface area contributed by atoms with Crippen molar-refractivity contribution in [3.8, 4) is 11.5 Å². The zero-order chi connectivity index (χ0) is 13.1. The fourth-order valence-corrected chi connectivity index (χ4v) is 1.91. The van der Waals surface area contributed by atoms with Gasteiger partial charge in [0.1, 0.15) is 17.3 Å². The summed E-state index contributed by atoms with van der Waals surface area (Å²) in [7, 11) is 0. The van der Waals surface area contributed by atoms with Crippen LogP contribution in [0.3, 0.4) is 0 Å². The molecule has 2 aromatic rings. The van der Waals surface area contributed by atoms with Crippen LogP contribution >= 0.6 is 23.2 Å². The van der Waals surface area contributed by atoms with E-state index in [0.717, 1.165) is 11.1 Å². The first-order valence-electron chi connectivity index (χ1n) is 5.38. The van der Waals surface area contributed by atoms with Crippen molar-refractivity contribution in [3.63, 3.8) is 0 Å². The van der Waals surface area contributed by atoms with Crippen LogP contribution in [-0.4, -0.2) is 0 Å². The van der Waals surface area contributed by atoms with Crippen LogP contribution in [0.1, 0.15) is 11.1 Å². The van der Waals surface area contributed by atoms with Gasteiger partial charge < -0.3 is 4.74 Å². The second-order valence-electron chi connectivity index (χ2n) is 3.92. The lowest BCUT2D eigenvalue weighted by molar-refractivity contribution is 0.472. The Labute approximate surface area is 115 Å². The van der Waals surface area contributed by atoms with Crippen LogP contribution in [0, 0.1) is 12.7 Å². The van der Waals surface area contributed by atoms with E-state index < -0.39 is 5.82 Å². The van der Waals surface area contributed by atoms with Crippen LogP contribution in [0.2, 0.25) is 5.02 Å². The number of hydrogen-bond acceptors (Lipinski definition) is 1. The van der Waals surface area contributed by atoms with Gasteiger partial charge in [-0.2, -0.15) is 0 Å². The average molecular weight is 285 g/mol. The third kappa shape index (κ3) is 2.95. The molecule has 2 aromatic carbocycles. The van der Waals surface area contributed by atoms with Crippen LogP contribution < -0.4 is 4.74 Å². The van der Waals surface area contributed by atoms with Crippen LogP contribution in [-0.2, 0) is 5.88 Å². The van der Waals surface area contributed by atoms with Crippen molar-refractivity contribution in [1.82, 2.24) is 0 Å². The molecule has 4 heteroatoms. The fraction of sp³-hybridized carbons (Fsp3) is 0.143. The van der Waals surface area contributed by atoms with E-state index in [2.05, 4.69) is 0 Å². The van der Waals surface area contributed by atoms with Gasteiger partial charge in [0.15, 0.2) is 0 Å². The standard InChI is InChI=1S/C14H11Cl2FO/c1-9-2-5-14(10(6-9)8-15)18-11-3-4-12(16)13(17)7-11/h2-7H,8H2,1H3. The Balaban J connectivity index is 2.30. The van der Waals surface area contributed by atoms with Crippen LogP contribution in [0.25, 0.3) is 0 Å². The average Bonchev–Trinajstić information content (AvgIpc) is 2.36. The summed E-state index contributed by atoms with van der Waals surface area (Å²) in [6.45, 7) is 1.97. The molecule has 0 fully saturated rings. The van der Waals surface area contributed by atoms with Crippen molar-refractivity contribution in [3.05, 3.63) is 58.4 Å². The van der Waals surface area contributed by atoms with Crippen molar-refractivity contribution in [2.24, 2.45) is 0 Å². The third-order valence-corrected chi connectivity index (χ3v) is 3.07. The Kier molecular flexibility index (Phi) is 4.10. The highest BCUT2D eigenvalue weighted by Crippen LogP contribution is 2.29. The Morgan fingerprint density at radius 1 is 1.17 bits per heavy atom. The maximum atomic E-state index is 13.3. The summed E-state index contributed by atoms with van der Waals surface area (Å²) in [5.41, 5.74) is 1.97. The molecule has 94 valence electrons. The molecule has 0 heterocycles. The Hall–Kier alpha value is -1.25. The molecule has 0 bridgehead atoms. The zero-order valence-corrected chi connectivity index (χ0v) is 11.2. The lowest BCUT2D eigenvalue weighted by atomic mass is 10.1. The van der Waals surface area contributed by atoms with Crippen LogP contribution in [0.15, 0.2) is 36.4 Å². The van der Waals surface area contributed by atoms with Gasteiger partial charge in [0.05, 0.1) is 10.9 Å². The minimum atomic E-state index is -0.506. The summed E-state index contributed by atoms with van der Waals surface area (Å²) in [5, 5.41) is 0.0730. The largest absolute Gasteiger partial charge is 0.457 e. The summed E-state index contributed by atoms with van der Waals surface area (Å²) in [5.74, 6) is 0.853. The van der Waals surface area contributed by atoms with E-state index in [4.69, 9.17) is 27.9 Å². The Morgan fingerprint density at radius 3 is 2.61 bits per heavy atom. The normalized spacial score (nSPS) is 10.4. The SMILES string of the molecule is Cc1ccc(Oc2ccc(Cl)c(F)c2)c(CCl)c1. The summed E-state index contributed by atoms with van der Waals surface area (Å²) >= 11 is 11.5. The first-order chi connectivity index (χ1) is 8.60. The summed E-state index contributed by atoms with van der Waals surface area (Å²) < 4.78 is 18.9. The monoisotopic (exact) mass is 284 g/mol. The van der Waals surface area contributed by atoms with Gasteiger partial charge in [-0.05, 0) is 25.1 Å². The van der Waals surface area contributed by atoms with Gasteiger partial charge >= 0.3 is 0 Å². The van der Waals surface area contributed by atoms with E-state index in [9.17, 15) is 4.39 Å². The minimum Gasteiger partial charge on any atom is -0.457 e. The number of benzene rings is 2. The molecule has 0 aromatic heterocycles. The lowest BCUT2D eigenvalue weighted by Gasteiger charge is -2.10. The Morgan fingerprint density at radius 2 is 1.94 bits per heavy atom. The maximum Gasteiger partial charge on any atom is 0.145 e. The van der Waals surface area contributed by atoms with Gasteiger partial charge in [0, 0.05) is 11.6 Å². The lowest BCUT2D eigenvalue weighted by Crippen LogP contribution is -1.91. The highest BCUT2D eigenvalue weighted by Gasteiger charge is 2.07. The number of alkyl halides is 1. The molecule has 0 amide bonds. The molecule has 0 aliphatic carbocycles. The highest BCUT2D eigenvalue weighted by atomic mass is 35.5. The van der Waals surface area contributed by atoms with Crippen molar-refractivity contribution in [2.75, 3.05) is 0 Å². The molecule has 0 saturated carbocycles. The van der Waals surface area contributed by atoms with Crippen molar-refractivity contribution in [2.45, 2.75) is 12.8 Å². The van der Waals surface area contributed by atoms with Gasteiger partial charge in [-0.25, -0.2) is 4.39 Å². The van der Waals surface area contributed by atoms with Crippen molar-refractivity contribution in [1.29, 1.82) is 0 Å². The quantitative estimate of drug-likeness (QED) is 0.693. The molecule has 0 unspecified atom stereocenters. The molecule has 0 aliphatic rings. The number of hydrogen-bond donors (Lipinski definition) is 0. The van der Waals surface area contributed by atoms with Crippen molar-refractivity contribution >= 4 is 23.2 Å². The van der Waals surface area contributed by atoms with E-state index in [1.54, 1.807) is 6.07 Å². The van der Waals surface area contributed by atoms with Crippen molar-refractivity contribution < 1.29 is 9.13 Å². The first kappa shape index (κ1) is 13.2. The number of aryl methyl sites for hydroxylation is 1. The first-order valence-corrected chi connectivity index (χ1v) is 6.30. The van der Waals surface area contributed by atoms with E-state index in [-0.39, 0.29) is 5.02 Å². The van der Waals surface area contributed by atoms with Gasteiger partial charge in [0.25, 0.3) is 0 Å². The molecule has 0 spiro atoms. The predicted octanol–water partition coefficient (Wildman–Crippen LogP) is 5.32. The van der Waals surface area contributed by atoms with Gasteiger partial charge in [0.2, 0.25) is 0 Å². The molecule has 0 atom stereocenters. The van der Waals surface area contributed by atoms with Crippen LogP contribution in [0.5, 0.6) is 11.5 Å². The van der Waals surface area contributed by atoms with E-state index in [1.807, 2.05) is 25.1 Å². The molecule has 0 saturated heterocycles. The minimum absolute atomic E-state index is 0.0730. The molecule has 0 radical (unpaired) electrons. The molecule has 18 heavy (non-hydrogen) atoms. The summed E-state index contributed by atoms with van der Waals surface area (Å²) in [6, 6.07) is 10.00. The predicted molar refractivity (Wildman–Crippen MR) is 72.2 cm³/mol. The molecule has 2 rings (SSSR count). The third-order valence-electron chi connectivity index (χ3n) is 2.48. The highest BCUT2D eigenvalue weighted by molar-refractivity contribution is 6.30. The van der Waals surface area contributed by atoms with E-state index in [0.29, 0.717) is 17.4 Å². The number of ether oxygens (including phenoxy) is 1. The molecule has 0 aliphatic heterocycles. The summed E-state index contributed by atoms with van der Waals surface area (Å²) in [4.78, 5) is 0. The Bertz CT molecular complexity index is 570. The van der Waals surface area contributed by atoms with E-state index in [1.165, 1.54) is 12.1 Å².